The number of carbonyl (C=O) groups excluding carboxylic acids is 5. The zero-order valence-corrected chi connectivity index (χ0v) is 34.2. The summed E-state index contributed by atoms with van der Waals surface area (Å²) in [6.07, 6.45) is 0.660. The van der Waals surface area contributed by atoms with Crippen molar-refractivity contribution in [2.24, 2.45) is 17.8 Å². The van der Waals surface area contributed by atoms with Gasteiger partial charge in [-0.25, -0.2) is 14.8 Å². The number of hydrogen-bond acceptors (Lipinski definition) is 10. The highest BCUT2D eigenvalue weighted by Crippen LogP contribution is 2.16. The molecule has 0 bridgehead atoms. The van der Waals surface area contributed by atoms with E-state index in [1.807, 2.05) is 58.0 Å². The monoisotopic (exact) mass is 768 g/mol. The topological polar surface area (TPSA) is 227 Å². The van der Waals surface area contributed by atoms with Crippen molar-refractivity contribution in [3.8, 4) is 0 Å². The number of aryl methyl sites for hydroxylation is 1. The summed E-state index contributed by atoms with van der Waals surface area (Å²) in [4.78, 5) is 74.7. The first-order chi connectivity index (χ1) is 25.7. The van der Waals surface area contributed by atoms with Crippen LogP contribution in [0.4, 0.5) is 10.6 Å². The van der Waals surface area contributed by atoms with Crippen LogP contribution in [0.3, 0.4) is 0 Å². The van der Waals surface area contributed by atoms with Gasteiger partial charge in [0.05, 0.1) is 12.1 Å². The molecule has 15 nitrogen and oxygen atoms in total. The van der Waals surface area contributed by atoms with E-state index in [1.54, 1.807) is 47.7 Å². The number of aromatic nitrogens is 2. The minimum atomic E-state index is -1.17. The van der Waals surface area contributed by atoms with Crippen LogP contribution in [0.15, 0.2) is 36.5 Å². The summed E-state index contributed by atoms with van der Waals surface area (Å²) in [6.45, 7) is 18.1. The molecule has 15 heteroatoms. The van der Waals surface area contributed by atoms with E-state index in [1.165, 1.54) is 0 Å². The Morgan fingerprint density at radius 2 is 1.55 bits per heavy atom. The first kappa shape index (κ1) is 46.4. The van der Waals surface area contributed by atoms with E-state index < -0.39 is 65.6 Å². The number of rotatable bonds is 20. The quantitative estimate of drug-likeness (QED) is 0.104. The molecule has 0 aliphatic rings. The predicted octanol–water partition coefficient (Wildman–Crippen LogP) is 3.46. The molecule has 2 aromatic rings. The van der Waals surface area contributed by atoms with Gasteiger partial charge in [0, 0.05) is 24.7 Å². The Bertz CT molecular complexity index is 1560. The number of carbonyl (C=O) groups is 5. The molecule has 1 aromatic carbocycles. The second kappa shape index (κ2) is 21.9. The van der Waals surface area contributed by atoms with Crippen LogP contribution in [0.1, 0.15) is 105 Å². The summed E-state index contributed by atoms with van der Waals surface area (Å²) in [5.41, 5.74) is 6.60. The number of anilines is 1. The van der Waals surface area contributed by atoms with Crippen molar-refractivity contribution in [1.82, 2.24) is 36.6 Å². The van der Waals surface area contributed by atoms with Crippen molar-refractivity contribution in [1.29, 1.82) is 0 Å². The van der Waals surface area contributed by atoms with Crippen molar-refractivity contribution in [2.45, 2.75) is 144 Å². The predicted molar refractivity (Wildman–Crippen MR) is 211 cm³/mol. The molecule has 0 aliphatic carbocycles. The van der Waals surface area contributed by atoms with E-state index in [0.717, 1.165) is 5.56 Å². The van der Waals surface area contributed by atoms with Crippen molar-refractivity contribution < 1.29 is 33.8 Å². The molecule has 1 heterocycles. The number of amides is 5. The van der Waals surface area contributed by atoms with Gasteiger partial charge in [0.15, 0.2) is 0 Å². The van der Waals surface area contributed by atoms with Gasteiger partial charge < -0.3 is 42.2 Å². The molecule has 0 aliphatic heterocycles. The Morgan fingerprint density at radius 3 is 2.11 bits per heavy atom. The highest BCUT2D eigenvalue weighted by atomic mass is 16.6. The van der Waals surface area contributed by atoms with E-state index >= 15 is 0 Å². The molecule has 5 amide bonds. The van der Waals surface area contributed by atoms with Gasteiger partial charge >= 0.3 is 6.09 Å². The lowest BCUT2D eigenvalue weighted by Crippen LogP contribution is -2.58. The Labute approximate surface area is 326 Å². The number of aliphatic hydroxyl groups is 1. The van der Waals surface area contributed by atoms with Crippen LogP contribution in [0.25, 0.3) is 0 Å². The van der Waals surface area contributed by atoms with Crippen LogP contribution < -0.4 is 32.3 Å². The van der Waals surface area contributed by atoms with E-state index in [2.05, 4.69) is 36.6 Å². The van der Waals surface area contributed by atoms with Crippen molar-refractivity contribution >= 4 is 35.5 Å². The Kier molecular flexibility index (Phi) is 18.5. The Hall–Kier alpha value is -4.79. The summed E-state index contributed by atoms with van der Waals surface area (Å²) in [5, 5.41) is 25.5. The molecule has 0 spiro atoms. The Balaban J connectivity index is 2.17. The second-order valence-electron chi connectivity index (χ2n) is 15.9. The molecule has 1 aromatic heterocycles. The highest BCUT2D eigenvalue weighted by Gasteiger charge is 2.33. The van der Waals surface area contributed by atoms with E-state index in [9.17, 15) is 29.1 Å². The van der Waals surface area contributed by atoms with Gasteiger partial charge in [0.25, 0.3) is 0 Å². The largest absolute Gasteiger partial charge is 0.444 e. The number of ether oxygens (including phenoxy) is 1. The number of nitrogens with one attached hydrogen (secondary N) is 5. The normalized spacial score (nSPS) is 14.9. The number of alkyl carbamates (subject to hydrolysis) is 1. The average molecular weight is 769 g/mol. The average Bonchev–Trinajstić information content (AvgIpc) is 3.09. The fraction of sp³-hybridized carbons (Fsp3) is 0.625. The molecule has 6 unspecified atom stereocenters. The third-order valence-corrected chi connectivity index (χ3v) is 9.00. The molecular formula is C40H64N8O7. The van der Waals surface area contributed by atoms with Crippen LogP contribution in [0.5, 0.6) is 0 Å². The zero-order chi connectivity index (χ0) is 41.5. The summed E-state index contributed by atoms with van der Waals surface area (Å²) in [5.74, 6) is -1.64. The van der Waals surface area contributed by atoms with Crippen LogP contribution in [-0.2, 0) is 36.9 Å². The second-order valence-corrected chi connectivity index (χ2v) is 15.9. The summed E-state index contributed by atoms with van der Waals surface area (Å²) >= 11 is 0. The fourth-order valence-corrected chi connectivity index (χ4v) is 5.73. The molecule has 2 rings (SSSR count). The van der Waals surface area contributed by atoms with Crippen molar-refractivity contribution in [3.05, 3.63) is 53.5 Å². The molecule has 6 atom stereocenters. The Morgan fingerprint density at radius 1 is 0.891 bits per heavy atom. The number of nitrogen functional groups attached to an aromatic ring is 1. The van der Waals surface area contributed by atoms with Crippen LogP contribution in [0.2, 0.25) is 0 Å². The van der Waals surface area contributed by atoms with Gasteiger partial charge in [0.1, 0.15) is 35.4 Å². The molecule has 306 valence electrons. The smallest absolute Gasteiger partial charge is 0.408 e. The molecule has 55 heavy (non-hydrogen) atoms. The highest BCUT2D eigenvalue weighted by molar-refractivity contribution is 5.91. The minimum absolute atomic E-state index is 0.0231. The molecule has 0 saturated heterocycles. The van der Waals surface area contributed by atoms with E-state index in [-0.39, 0.29) is 49.4 Å². The molecule has 0 fully saturated rings. The molecule has 0 radical (unpaired) electrons. The minimum Gasteiger partial charge on any atom is -0.444 e. The lowest BCUT2D eigenvalue weighted by atomic mass is 9.95. The number of nitrogens with zero attached hydrogens (tertiary/aromatic N) is 2. The number of aliphatic hydroxyl groups excluding tert-OH is 1. The molecule has 8 N–H and O–H groups in total. The number of nitrogens with two attached hydrogens (primary N) is 1. The third kappa shape index (κ3) is 16.6. The van der Waals surface area contributed by atoms with Gasteiger partial charge in [-0.2, -0.15) is 0 Å². The first-order valence-corrected chi connectivity index (χ1v) is 19.2. The maximum atomic E-state index is 13.9. The summed E-state index contributed by atoms with van der Waals surface area (Å²) in [7, 11) is 0. The van der Waals surface area contributed by atoms with Crippen LogP contribution >= 0.6 is 0 Å². The molecular weight excluding hydrogens is 704 g/mol. The third-order valence-electron chi connectivity index (χ3n) is 9.00. The maximum absolute atomic E-state index is 13.9. The van der Waals surface area contributed by atoms with Crippen LogP contribution in [0, 0.1) is 24.7 Å². The standard InChI is InChI=1S/C40H64N8O7/c1-11-25(6)34(37(52)43-22-28-21-42-26(7)44-35(28)41)47-32(50)18-17-31(49)29(20-27-15-13-12-14-16-27)45-38(53)33(24(4)5)48-36(51)30(19-23(2)3)46-39(54)55-40(8,9)10/h12-16,21,23-25,29-31,33-34,49H,11,17-20,22H2,1-10H3,(H,43,52)(H,45,53)(H,46,54)(H,47,50)(H,48,51)(H2,41,42,44). The van der Waals surface area contributed by atoms with Gasteiger partial charge in [-0.1, -0.05) is 78.3 Å². The van der Waals surface area contributed by atoms with Gasteiger partial charge in [-0.15, -0.1) is 0 Å². The first-order valence-electron chi connectivity index (χ1n) is 19.2. The number of benzene rings is 1. The summed E-state index contributed by atoms with van der Waals surface area (Å²) in [6, 6.07) is 5.64. The van der Waals surface area contributed by atoms with Gasteiger partial charge in [0.2, 0.25) is 23.6 Å². The van der Waals surface area contributed by atoms with Crippen molar-refractivity contribution in [2.75, 3.05) is 5.73 Å². The maximum Gasteiger partial charge on any atom is 0.408 e. The van der Waals surface area contributed by atoms with Crippen LogP contribution in [-0.4, -0.2) is 80.7 Å². The molecule has 0 saturated carbocycles. The summed E-state index contributed by atoms with van der Waals surface area (Å²) < 4.78 is 5.37. The van der Waals surface area contributed by atoms with Gasteiger partial charge in [-0.3, -0.25) is 19.2 Å². The SMILES string of the molecule is CCC(C)C(NC(=O)CCC(O)C(Cc1ccccc1)NC(=O)C(NC(=O)C(CC(C)C)NC(=O)OC(C)(C)C)C(C)C)C(=O)NCc1cnc(C)nc1N. The van der Waals surface area contributed by atoms with Crippen molar-refractivity contribution in [3.63, 3.8) is 0 Å². The zero-order valence-electron chi connectivity index (χ0n) is 34.2. The van der Waals surface area contributed by atoms with Gasteiger partial charge in [-0.05, 0) is 70.3 Å². The van der Waals surface area contributed by atoms with E-state index in [4.69, 9.17) is 10.5 Å². The lowest BCUT2D eigenvalue weighted by molar-refractivity contribution is -0.132. The lowest BCUT2D eigenvalue weighted by Gasteiger charge is -2.30. The number of hydrogen-bond donors (Lipinski definition) is 7. The fourth-order valence-electron chi connectivity index (χ4n) is 5.73. The van der Waals surface area contributed by atoms with E-state index in [0.29, 0.717) is 24.2 Å².